The van der Waals surface area contributed by atoms with Gasteiger partial charge in [-0.05, 0) is 50.7 Å². The Morgan fingerprint density at radius 2 is 1.83 bits per heavy atom. The lowest BCUT2D eigenvalue weighted by Gasteiger charge is -2.34. The van der Waals surface area contributed by atoms with Crippen LogP contribution in [0, 0.1) is 12.8 Å². The van der Waals surface area contributed by atoms with E-state index in [2.05, 4.69) is 5.32 Å². The number of rotatable bonds is 3. The molecule has 3 N–H and O–H groups in total. The van der Waals surface area contributed by atoms with Crippen molar-refractivity contribution in [1.82, 2.24) is 10.2 Å². The van der Waals surface area contributed by atoms with E-state index in [0.717, 1.165) is 56.3 Å². The third kappa shape index (κ3) is 3.78. The number of amides is 2. The maximum absolute atomic E-state index is 12.5. The summed E-state index contributed by atoms with van der Waals surface area (Å²) in [6.45, 7) is 3.40. The van der Waals surface area contributed by atoms with Crippen LogP contribution in [0.3, 0.4) is 0 Å². The van der Waals surface area contributed by atoms with Crippen LogP contribution in [-0.2, 0) is 4.79 Å². The molecule has 2 atom stereocenters. The fourth-order valence-electron chi connectivity index (χ4n) is 3.83. The van der Waals surface area contributed by atoms with Crippen LogP contribution in [0.5, 0.6) is 0 Å². The van der Waals surface area contributed by atoms with E-state index in [1.54, 1.807) is 0 Å². The Hall–Kier alpha value is -1.88. The van der Waals surface area contributed by atoms with E-state index in [1.165, 1.54) is 0 Å². The van der Waals surface area contributed by atoms with Crippen LogP contribution >= 0.6 is 0 Å². The first-order valence-corrected chi connectivity index (χ1v) is 8.95. The van der Waals surface area contributed by atoms with Gasteiger partial charge in [-0.15, -0.1) is 0 Å². The molecule has 1 heterocycles. The minimum atomic E-state index is -0.0142. The van der Waals surface area contributed by atoms with Crippen molar-refractivity contribution in [3.63, 3.8) is 0 Å². The van der Waals surface area contributed by atoms with E-state index in [-0.39, 0.29) is 29.8 Å². The molecule has 1 aromatic rings. The van der Waals surface area contributed by atoms with Crippen molar-refractivity contribution in [1.29, 1.82) is 0 Å². The Labute approximate surface area is 143 Å². The molecule has 1 saturated heterocycles. The summed E-state index contributed by atoms with van der Waals surface area (Å²) in [5.41, 5.74) is 7.64. The van der Waals surface area contributed by atoms with Crippen LogP contribution in [0.25, 0.3) is 0 Å². The minimum absolute atomic E-state index is 0.0142. The van der Waals surface area contributed by atoms with Gasteiger partial charge < -0.3 is 16.0 Å². The molecule has 1 aliphatic heterocycles. The molecule has 0 bridgehead atoms. The smallest absolute Gasteiger partial charge is 0.251 e. The number of likely N-dealkylation sites (tertiary alicyclic amines) is 1. The molecule has 130 valence electrons. The Morgan fingerprint density at radius 1 is 1.12 bits per heavy atom. The molecule has 5 heteroatoms. The Balaban J connectivity index is 1.49. The van der Waals surface area contributed by atoms with Gasteiger partial charge in [0.1, 0.15) is 0 Å². The Morgan fingerprint density at radius 3 is 2.46 bits per heavy atom. The summed E-state index contributed by atoms with van der Waals surface area (Å²) in [4.78, 5) is 26.9. The van der Waals surface area contributed by atoms with Crippen LogP contribution < -0.4 is 11.1 Å². The van der Waals surface area contributed by atoms with Gasteiger partial charge in [0.05, 0.1) is 0 Å². The van der Waals surface area contributed by atoms with Crippen LogP contribution in [0.1, 0.15) is 48.0 Å². The van der Waals surface area contributed by atoms with Crippen LogP contribution in [0.15, 0.2) is 24.3 Å². The maximum atomic E-state index is 12.5. The average molecular weight is 329 g/mol. The topological polar surface area (TPSA) is 75.4 Å². The van der Waals surface area contributed by atoms with E-state index >= 15 is 0 Å². The Bertz CT molecular complexity index is 608. The van der Waals surface area contributed by atoms with Crippen molar-refractivity contribution in [3.8, 4) is 0 Å². The Kier molecular flexibility index (Phi) is 5.19. The molecule has 0 aromatic heterocycles. The van der Waals surface area contributed by atoms with Crippen molar-refractivity contribution in [2.45, 2.75) is 51.1 Å². The molecule has 2 amide bonds. The molecule has 2 aliphatic rings. The highest BCUT2D eigenvalue weighted by Gasteiger charge is 2.33. The van der Waals surface area contributed by atoms with Crippen LogP contribution in [-0.4, -0.2) is 41.9 Å². The number of aryl methyl sites for hydroxylation is 1. The first-order valence-electron chi connectivity index (χ1n) is 8.95. The summed E-state index contributed by atoms with van der Waals surface area (Å²) in [6.07, 6.45) is 4.34. The first-order chi connectivity index (χ1) is 11.5. The second kappa shape index (κ2) is 7.34. The van der Waals surface area contributed by atoms with Gasteiger partial charge >= 0.3 is 0 Å². The molecule has 1 aliphatic carbocycles. The first kappa shape index (κ1) is 17.0. The summed E-state index contributed by atoms with van der Waals surface area (Å²) in [7, 11) is 0. The zero-order chi connectivity index (χ0) is 17.1. The number of nitrogens with zero attached hydrogens (tertiary/aromatic N) is 1. The average Bonchev–Trinajstić information content (AvgIpc) is 3.02. The molecule has 0 spiro atoms. The van der Waals surface area contributed by atoms with E-state index in [0.29, 0.717) is 0 Å². The number of piperidine rings is 1. The lowest BCUT2D eigenvalue weighted by Crippen LogP contribution is -2.48. The van der Waals surface area contributed by atoms with Gasteiger partial charge in [0.15, 0.2) is 0 Å². The van der Waals surface area contributed by atoms with E-state index in [9.17, 15) is 9.59 Å². The predicted molar refractivity (Wildman–Crippen MR) is 93.6 cm³/mol. The summed E-state index contributed by atoms with van der Waals surface area (Å²) < 4.78 is 0. The molecular weight excluding hydrogens is 302 g/mol. The number of nitrogens with two attached hydrogens (primary N) is 1. The highest BCUT2D eigenvalue weighted by molar-refractivity contribution is 5.95. The number of carbonyl (C=O) groups is 2. The van der Waals surface area contributed by atoms with Gasteiger partial charge in [0.2, 0.25) is 5.91 Å². The molecule has 5 nitrogen and oxygen atoms in total. The number of benzene rings is 1. The zero-order valence-electron chi connectivity index (χ0n) is 14.3. The van der Waals surface area contributed by atoms with Crippen molar-refractivity contribution in [2.24, 2.45) is 11.7 Å². The molecule has 24 heavy (non-hydrogen) atoms. The van der Waals surface area contributed by atoms with Gasteiger partial charge in [-0.25, -0.2) is 0 Å². The summed E-state index contributed by atoms with van der Waals surface area (Å²) in [5.74, 6) is 0.351. The summed E-state index contributed by atoms with van der Waals surface area (Å²) in [6, 6.07) is 7.95. The second-order valence-electron chi connectivity index (χ2n) is 7.16. The van der Waals surface area contributed by atoms with Gasteiger partial charge in [-0.2, -0.15) is 0 Å². The quantitative estimate of drug-likeness (QED) is 0.888. The van der Waals surface area contributed by atoms with Crippen molar-refractivity contribution >= 4 is 11.8 Å². The van der Waals surface area contributed by atoms with Crippen molar-refractivity contribution in [3.05, 3.63) is 35.4 Å². The summed E-state index contributed by atoms with van der Waals surface area (Å²) >= 11 is 0. The second-order valence-corrected chi connectivity index (χ2v) is 7.16. The largest absolute Gasteiger partial charge is 0.349 e. The monoisotopic (exact) mass is 329 g/mol. The third-order valence-electron chi connectivity index (χ3n) is 5.35. The maximum Gasteiger partial charge on any atom is 0.251 e. The summed E-state index contributed by atoms with van der Waals surface area (Å²) in [5, 5.41) is 3.12. The number of hydrogen-bond acceptors (Lipinski definition) is 3. The molecule has 1 aromatic carbocycles. The van der Waals surface area contributed by atoms with Gasteiger partial charge in [0.25, 0.3) is 5.91 Å². The molecule has 2 fully saturated rings. The highest BCUT2D eigenvalue weighted by atomic mass is 16.2. The molecular formula is C19H27N3O2. The van der Waals surface area contributed by atoms with E-state index in [1.807, 2.05) is 36.1 Å². The number of carbonyl (C=O) groups excluding carboxylic acids is 2. The minimum Gasteiger partial charge on any atom is -0.349 e. The highest BCUT2D eigenvalue weighted by Crippen LogP contribution is 2.27. The lowest BCUT2D eigenvalue weighted by molar-refractivity contribution is -0.136. The van der Waals surface area contributed by atoms with Gasteiger partial charge in [0, 0.05) is 36.7 Å². The molecule has 2 unspecified atom stereocenters. The lowest BCUT2D eigenvalue weighted by atomic mass is 10.00. The van der Waals surface area contributed by atoms with Gasteiger partial charge in [-0.3, -0.25) is 9.59 Å². The molecule has 1 saturated carbocycles. The normalized spacial score (nSPS) is 24.8. The SMILES string of the molecule is Cc1ccccc1C(=O)NC1CCN(C(=O)C2CCC(N)C2)CC1. The number of hydrogen-bond donors (Lipinski definition) is 2. The van der Waals surface area contributed by atoms with Crippen LogP contribution in [0.4, 0.5) is 0 Å². The molecule has 3 rings (SSSR count). The van der Waals surface area contributed by atoms with Gasteiger partial charge in [-0.1, -0.05) is 18.2 Å². The standard InChI is InChI=1S/C19H27N3O2/c1-13-4-2-3-5-17(13)18(23)21-16-8-10-22(11-9-16)19(24)14-6-7-15(20)12-14/h2-5,14-16H,6-12,20H2,1H3,(H,21,23). The predicted octanol–water partition coefficient (Wildman–Crippen LogP) is 1.84. The van der Waals surface area contributed by atoms with E-state index in [4.69, 9.17) is 5.73 Å². The number of nitrogens with one attached hydrogen (secondary N) is 1. The van der Waals surface area contributed by atoms with E-state index < -0.39 is 0 Å². The zero-order valence-corrected chi connectivity index (χ0v) is 14.3. The van der Waals surface area contributed by atoms with Crippen molar-refractivity contribution in [2.75, 3.05) is 13.1 Å². The fraction of sp³-hybridized carbons (Fsp3) is 0.579. The third-order valence-corrected chi connectivity index (χ3v) is 5.35. The fourth-order valence-corrected chi connectivity index (χ4v) is 3.83. The molecule has 0 radical (unpaired) electrons. The van der Waals surface area contributed by atoms with Crippen LogP contribution in [0.2, 0.25) is 0 Å². The van der Waals surface area contributed by atoms with Crippen molar-refractivity contribution < 1.29 is 9.59 Å².